The molecule has 0 unspecified atom stereocenters. The van der Waals surface area contributed by atoms with E-state index in [4.69, 9.17) is 5.73 Å². The minimum absolute atomic E-state index is 0.158. The SMILES string of the molecule is CC(C)(C)[C@@H]1C[C@H](C(N)=O)[C@@H](O)C1. The second kappa shape index (κ2) is 3.29. The monoisotopic (exact) mass is 185 g/mol. The van der Waals surface area contributed by atoms with Crippen LogP contribution in [0, 0.1) is 17.3 Å². The van der Waals surface area contributed by atoms with E-state index in [1.807, 2.05) is 0 Å². The summed E-state index contributed by atoms with van der Waals surface area (Å²) in [5.41, 5.74) is 5.35. The second-order valence-corrected chi connectivity index (χ2v) is 5.11. The van der Waals surface area contributed by atoms with Gasteiger partial charge in [0.05, 0.1) is 12.0 Å². The molecule has 0 spiro atoms. The lowest BCUT2D eigenvalue weighted by Gasteiger charge is -2.26. The molecular formula is C10H19NO2. The number of primary amides is 1. The minimum Gasteiger partial charge on any atom is -0.392 e. The molecule has 1 saturated carbocycles. The molecule has 3 nitrogen and oxygen atoms in total. The molecule has 76 valence electrons. The van der Waals surface area contributed by atoms with Crippen molar-refractivity contribution in [1.29, 1.82) is 0 Å². The van der Waals surface area contributed by atoms with E-state index in [2.05, 4.69) is 20.8 Å². The Balaban J connectivity index is 2.65. The van der Waals surface area contributed by atoms with E-state index in [1.165, 1.54) is 0 Å². The number of carbonyl (C=O) groups excluding carboxylic acids is 1. The van der Waals surface area contributed by atoms with Gasteiger partial charge < -0.3 is 10.8 Å². The maximum absolute atomic E-state index is 10.9. The van der Waals surface area contributed by atoms with Crippen molar-refractivity contribution in [2.24, 2.45) is 23.0 Å². The first-order valence-corrected chi connectivity index (χ1v) is 4.79. The molecule has 1 fully saturated rings. The highest BCUT2D eigenvalue weighted by molar-refractivity contribution is 5.77. The van der Waals surface area contributed by atoms with Crippen molar-refractivity contribution in [2.75, 3.05) is 0 Å². The van der Waals surface area contributed by atoms with E-state index < -0.39 is 6.10 Å². The lowest BCUT2D eigenvalue weighted by atomic mass is 9.79. The van der Waals surface area contributed by atoms with Gasteiger partial charge in [0.15, 0.2) is 0 Å². The molecule has 13 heavy (non-hydrogen) atoms. The van der Waals surface area contributed by atoms with Gasteiger partial charge in [-0.3, -0.25) is 4.79 Å². The number of aliphatic hydroxyl groups excluding tert-OH is 1. The van der Waals surface area contributed by atoms with Crippen LogP contribution in [0.2, 0.25) is 0 Å². The highest BCUT2D eigenvalue weighted by atomic mass is 16.3. The molecule has 0 heterocycles. The van der Waals surface area contributed by atoms with Crippen LogP contribution in [0.25, 0.3) is 0 Å². The van der Waals surface area contributed by atoms with E-state index in [0.717, 1.165) is 6.42 Å². The maximum Gasteiger partial charge on any atom is 0.223 e. The summed E-state index contributed by atoms with van der Waals surface area (Å²) in [7, 11) is 0. The van der Waals surface area contributed by atoms with Crippen molar-refractivity contribution in [3.8, 4) is 0 Å². The van der Waals surface area contributed by atoms with Crippen LogP contribution in [0.4, 0.5) is 0 Å². The van der Waals surface area contributed by atoms with Gasteiger partial charge in [0.1, 0.15) is 0 Å². The highest BCUT2D eigenvalue weighted by Gasteiger charge is 2.41. The van der Waals surface area contributed by atoms with Crippen molar-refractivity contribution in [2.45, 2.75) is 39.7 Å². The Bertz CT molecular complexity index is 207. The predicted molar refractivity (Wildman–Crippen MR) is 50.9 cm³/mol. The molecule has 0 saturated heterocycles. The zero-order chi connectivity index (χ0) is 10.2. The number of hydrogen-bond donors (Lipinski definition) is 2. The fourth-order valence-corrected chi connectivity index (χ4v) is 2.03. The molecule has 0 aromatic carbocycles. The number of nitrogens with two attached hydrogens (primary N) is 1. The van der Waals surface area contributed by atoms with Gasteiger partial charge in [-0.15, -0.1) is 0 Å². The van der Waals surface area contributed by atoms with Gasteiger partial charge in [-0.1, -0.05) is 20.8 Å². The fourth-order valence-electron chi connectivity index (χ4n) is 2.03. The van der Waals surface area contributed by atoms with E-state index in [1.54, 1.807) is 0 Å². The zero-order valence-electron chi connectivity index (χ0n) is 8.58. The van der Waals surface area contributed by atoms with Crippen LogP contribution in [0.15, 0.2) is 0 Å². The first-order chi connectivity index (χ1) is 5.82. The maximum atomic E-state index is 10.9. The molecule has 1 aliphatic rings. The molecule has 0 bridgehead atoms. The van der Waals surface area contributed by atoms with Gasteiger partial charge in [0.25, 0.3) is 0 Å². The first-order valence-electron chi connectivity index (χ1n) is 4.79. The third kappa shape index (κ3) is 2.21. The van der Waals surface area contributed by atoms with Crippen LogP contribution in [-0.4, -0.2) is 17.1 Å². The summed E-state index contributed by atoms with van der Waals surface area (Å²) in [6.45, 7) is 6.40. The second-order valence-electron chi connectivity index (χ2n) is 5.11. The normalized spacial score (nSPS) is 34.9. The van der Waals surface area contributed by atoms with Crippen molar-refractivity contribution in [1.82, 2.24) is 0 Å². The van der Waals surface area contributed by atoms with Crippen LogP contribution >= 0.6 is 0 Å². The molecule has 0 aliphatic heterocycles. The molecule has 1 rings (SSSR count). The molecule has 3 heteroatoms. The summed E-state index contributed by atoms with van der Waals surface area (Å²) < 4.78 is 0. The molecular weight excluding hydrogens is 166 g/mol. The van der Waals surface area contributed by atoms with Crippen LogP contribution < -0.4 is 5.73 Å². The lowest BCUT2D eigenvalue weighted by Crippen LogP contribution is -2.29. The number of rotatable bonds is 1. The Kier molecular flexibility index (Phi) is 2.66. The quantitative estimate of drug-likeness (QED) is 0.637. The van der Waals surface area contributed by atoms with Crippen LogP contribution in [0.5, 0.6) is 0 Å². The van der Waals surface area contributed by atoms with Gasteiger partial charge in [-0.05, 0) is 24.2 Å². The number of aliphatic hydroxyl groups is 1. The molecule has 3 N–H and O–H groups in total. The summed E-state index contributed by atoms with van der Waals surface area (Å²) >= 11 is 0. The van der Waals surface area contributed by atoms with Crippen molar-refractivity contribution < 1.29 is 9.90 Å². The van der Waals surface area contributed by atoms with Crippen molar-refractivity contribution in [3.05, 3.63) is 0 Å². The standard InChI is InChI=1S/C10H19NO2/c1-10(2,3)6-4-7(9(11)13)8(12)5-6/h6-8,12H,4-5H2,1-3H3,(H2,11,13)/t6-,7+,8+/m1/s1. The molecule has 0 aromatic heterocycles. The van der Waals surface area contributed by atoms with Crippen LogP contribution in [0.1, 0.15) is 33.6 Å². The minimum atomic E-state index is -0.526. The van der Waals surface area contributed by atoms with Gasteiger partial charge in [0.2, 0.25) is 5.91 Å². The van der Waals surface area contributed by atoms with E-state index in [9.17, 15) is 9.90 Å². The summed E-state index contributed by atoms with van der Waals surface area (Å²) in [6, 6.07) is 0. The Labute approximate surface area is 79.3 Å². The van der Waals surface area contributed by atoms with Gasteiger partial charge in [-0.25, -0.2) is 0 Å². The number of hydrogen-bond acceptors (Lipinski definition) is 2. The third-order valence-corrected chi connectivity index (χ3v) is 3.12. The molecule has 3 atom stereocenters. The lowest BCUT2D eigenvalue weighted by molar-refractivity contribution is -0.124. The number of amides is 1. The van der Waals surface area contributed by atoms with Gasteiger partial charge in [0, 0.05) is 0 Å². The Morgan fingerprint density at radius 3 is 2.15 bits per heavy atom. The van der Waals surface area contributed by atoms with Gasteiger partial charge >= 0.3 is 0 Å². The van der Waals surface area contributed by atoms with E-state index in [-0.39, 0.29) is 17.2 Å². The summed E-state index contributed by atoms with van der Waals surface area (Å²) in [4.78, 5) is 10.9. The van der Waals surface area contributed by atoms with Crippen LogP contribution in [0.3, 0.4) is 0 Å². The Morgan fingerprint density at radius 1 is 1.38 bits per heavy atom. The van der Waals surface area contributed by atoms with Crippen molar-refractivity contribution >= 4 is 5.91 Å². The fraction of sp³-hybridized carbons (Fsp3) is 0.900. The van der Waals surface area contributed by atoms with Crippen molar-refractivity contribution in [3.63, 3.8) is 0 Å². The Hall–Kier alpha value is -0.570. The third-order valence-electron chi connectivity index (χ3n) is 3.12. The summed E-state index contributed by atoms with van der Waals surface area (Å²) in [5.74, 6) is -0.288. The predicted octanol–water partition coefficient (Wildman–Crippen LogP) is 0.905. The molecule has 0 aromatic rings. The number of carbonyl (C=O) groups is 1. The average molecular weight is 185 g/mol. The molecule has 1 aliphatic carbocycles. The molecule has 0 radical (unpaired) electrons. The van der Waals surface area contributed by atoms with E-state index in [0.29, 0.717) is 12.3 Å². The first kappa shape index (κ1) is 10.5. The topological polar surface area (TPSA) is 63.3 Å². The van der Waals surface area contributed by atoms with E-state index >= 15 is 0 Å². The largest absolute Gasteiger partial charge is 0.392 e. The zero-order valence-corrected chi connectivity index (χ0v) is 8.58. The van der Waals surface area contributed by atoms with Gasteiger partial charge in [-0.2, -0.15) is 0 Å². The van der Waals surface area contributed by atoms with Crippen LogP contribution in [-0.2, 0) is 4.79 Å². The summed E-state index contributed by atoms with van der Waals surface area (Å²) in [5, 5.41) is 9.59. The highest BCUT2D eigenvalue weighted by Crippen LogP contribution is 2.41. The summed E-state index contributed by atoms with van der Waals surface area (Å²) in [6.07, 6.45) is 0.915. The molecule has 1 amide bonds. The Morgan fingerprint density at radius 2 is 1.92 bits per heavy atom. The average Bonchev–Trinajstić information content (AvgIpc) is 2.29. The smallest absolute Gasteiger partial charge is 0.223 e.